The average molecular weight is 557 g/mol. The van der Waals surface area contributed by atoms with E-state index in [1.807, 2.05) is 21.6 Å². The van der Waals surface area contributed by atoms with Crippen LogP contribution in [0.2, 0.25) is 12.1 Å². The van der Waals surface area contributed by atoms with Crippen molar-refractivity contribution in [2.45, 2.75) is 77.3 Å². The van der Waals surface area contributed by atoms with Crippen LogP contribution >= 0.6 is 88.1 Å². The van der Waals surface area contributed by atoms with E-state index >= 15 is 0 Å². The van der Waals surface area contributed by atoms with Gasteiger partial charge < -0.3 is 0 Å². The Balaban J connectivity index is 3.53. The first-order valence-electron chi connectivity index (χ1n) is 9.45. The van der Waals surface area contributed by atoms with Crippen LogP contribution in [0, 0.1) is 11.8 Å². The third-order valence-corrected chi connectivity index (χ3v) is 11.9. The molecule has 0 aliphatic rings. The van der Waals surface area contributed by atoms with Gasteiger partial charge in [-0.15, -0.1) is 66.5 Å². The van der Waals surface area contributed by atoms with Gasteiger partial charge in [0.1, 0.15) is 0 Å². The van der Waals surface area contributed by atoms with Crippen molar-refractivity contribution in [2.75, 3.05) is 11.5 Å². The van der Waals surface area contributed by atoms with E-state index in [0.717, 1.165) is 24.9 Å². The smallest absolute Gasteiger partial charge is 0.126 e. The molecule has 0 aromatic rings. The monoisotopic (exact) mass is 554 g/mol. The molecule has 0 N–H and O–H groups in total. The van der Waals surface area contributed by atoms with Crippen LogP contribution in [0.5, 0.6) is 0 Å². The summed E-state index contributed by atoms with van der Waals surface area (Å²) < 4.78 is 0. The lowest BCUT2D eigenvalue weighted by Gasteiger charge is -2.18. The topological polar surface area (TPSA) is 0 Å². The molecular formula is C16H32Cl6S2Si2. The van der Waals surface area contributed by atoms with Gasteiger partial charge in [0, 0.05) is 11.5 Å². The summed E-state index contributed by atoms with van der Waals surface area (Å²) in [7, 11) is 3.98. The lowest BCUT2D eigenvalue weighted by Crippen LogP contribution is -2.15. The van der Waals surface area contributed by atoms with E-state index in [9.17, 15) is 0 Å². The number of unbranched alkanes of at least 4 members (excludes halogenated alkanes) is 2. The van der Waals surface area contributed by atoms with Gasteiger partial charge in [-0.3, -0.25) is 0 Å². The molecule has 0 bridgehead atoms. The molecule has 10 heteroatoms. The maximum absolute atomic E-state index is 6.03. The Kier molecular flexibility index (Phi) is 18.4. The van der Waals surface area contributed by atoms with Crippen LogP contribution in [0.3, 0.4) is 0 Å². The molecule has 0 fully saturated rings. The van der Waals surface area contributed by atoms with E-state index in [2.05, 4.69) is 13.8 Å². The van der Waals surface area contributed by atoms with Crippen molar-refractivity contribution < 1.29 is 0 Å². The van der Waals surface area contributed by atoms with Crippen LogP contribution in [-0.2, 0) is 0 Å². The summed E-state index contributed by atoms with van der Waals surface area (Å²) >= 11 is 36.2. The predicted octanol–water partition coefficient (Wildman–Crippen LogP) is 10.1. The highest BCUT2D eigenvalue weighted by molar-refractivity contribution is 8.76. The molecule has 0 rings (SSSR count). The van der Waals surface area contributed by atoms with Crippen molar-refractivity contribution >= 4 is 100 Å². The van der Waals surface area contributed by atoms with Crippen LogP contribution in [0.15, 0.2) is 0 Å². The molecule has 0 aromatic carbocycles. The minimum atomic E-state index is -2.47. The number of hydrogen-bond donors (Lipinski definition) is 0. The van der Waals surface area contributed by atoms with Crippen LogP contribution in [0.1, 0.15) is 65.2 Å². The predicted molar refractivity (Wildman–Crippen MR) is 136 cm³/mol. The third-order valence-electron chi connectivity index (χ3n) is 4.46. The quantitative estimate of drug-likeness (QED) is 0.0756. The molecule has 0 amide bonds. The largest absolute Gasteiger partial charge is 0.341 e. The second-order valence-electron chi connectivity index (χ2n) is 6.82. The molecule has 158 valence electrons. The second kappa shape index (κ2) is 16.6. The van der Waals surface area contributed by atoms with Gasteiger partial charge in [-0.05, 0) is 36.8 Å². The third kappa shape index (κ3) is 20.2. The molecule has 0 saturated heterocycles. The standard InChI is InChI=1S/C16H32Cl6S2Si2/c1-3-15(13-25(17,18)19)9-5-7-11-23-24-12-8-6-10-16(4-2)14-26(20,21)22/h15-16H,3-14H2,1-2H3. The summed E-state index contributed by atoms with van der Waals surface area (Å²) in [5, 5.41) is 0. The van der Waals surface area contributed by atoms with Crippen molar-refractivity contribution in [1.29, 1.82) is 0 Å². The summed E-state index contributed by atoms with van der Waals surface area (Å²) in [6.45, 7) is 4.39. The molecule has 0 aliphatic carbocycles. The zero-order valence-corrected chi connectivity index (χ0v) is 23.9. The van der Waals surface area contributed by atoms with Gasteiger partial charge in [-0.1, -0.05) is 74.0 Å². The Hall–Kier alpha value is 2.87. The fourth-order valence-corrected chi connectivity index (χ4v) is 11.4. The van der Waals surface area contributed by atoms with Crippen LogP contribution in [0.25, 0.3) is 0 Å². The highest BCUT2D eigenvalue weighted by Crippen LogP contribution is 2.34. The minimum Gasteiger partial charge on any atom is -0.126 e. The summed E-state index contributed by atoms with van der Waals surface area (Å²) in [6.07, 6.45) is 9.58. The van der Waals surface area contributed by atoms with Crippen molar-refractivity contribution in [3.63, 3.8) is 0 Å². The van der Waals surface area contributed by atoms with E-state index < -0.39 is 12.0 Å². The molecular weight excluding hydrogens is 525 g/mol. The van der Waals surface area contributed by atoms with Gasteiger partial charge >= 0.3 is 12.0 Å². The Labute approximate surface area is 199 Å². The van der Waals surface area contributed by atoms with E-state index in [1.165, 1.54) is 50.0 Å². The summed E-state index contributed by atoms with van der Waals surface area (Å²) in [6, 6.07) is -3.34. The second-order valence-corrected chi connectivity index (χ2v) is 27.9. The average Bonchev–Trinajstić information content (AvgIpc) is 2.51. The number of rotatable bonds is 17. The van der Waals surface area contributed by atoms with Crippen molar-refractivity contribution in [3.8, 4) is 0 Å². The van der Waals surface area contributed by atoms with Crippen molar-refractivity contribution in [1.82, 2.24) is 0 Å². The normalized spacial score (nSPS) is 15.2. The Morgan fingerprint density at radius 3 is 1.23 bits per heavy atom. The molecule has 2 unspecified atom stereocenters. The van der Waals surface area contributed by atoms with E-state index in [4.69, 9.17) is 66.5 Å². The summed E-state index contributed by atoms with van der Waals surface area (Å²) in [5.41, 5.74) is 0. The first-order chi connectivity index (χ1) is 12.1. The molecule has 0 heterocycles. The molecule has 26 heavy (non-hydrogen) atoms. The zero-order chi connectivity index (χ0) is 20.1. The van der Waals surface area contributed by atoms with Gasteiger partial charge in [0.15, 0.2) is 0 Å². The Morgan fingerprint density at radius 1 is 0.615 bits per heavy atom. The summed E-state index contributed by atoms with van der Waals surface area (Å²) in [4.78, 5) is 0. The maximum Gasteiger partial charge on any atom is 0.341 e. The molecule has 0 aliphatic heterocycles. The maximum atomic E-state index is 6.03. The molecule has 2 atom stereocenters. The molecule has 0 spiro atoms. The van der Waals surface area contributed by atoms with Crippen LogP contribution in [-0.4, -0.2) is 23.5 Å². The fourth-order valence-electron chi connectivity index (χ4n) is 2.86. The zero-order valence-electron chi connectivity index (χ0n) is 15.7. The van der Waals surface area contributed by atoms with Crippen LogP contribution in [0.4, 0.5) is 0 Å². The van der Waals surface area contributed by atoms with Gasteiger partial charge in [-0.2, -0.15) is 0 Å². The number of hydrogen-bond acceptors (Lipinski definition) is 2. The van der Waals surface area contributed by atoms with Gasteiger partial charge in [0.05, 0.1) is 0 Å². The highest BCUT2D eigenvalue weighted by Gasteiger charge is 2.29. The summed E-state index contributed by atoms with van der Waals surface area (Å²) in [5.74, 6) is 3.58. The van der Waals surface area contributed by atoms with Crippen molar-refractivity contribution in [2.24, 2.45) is 11.8 Å². The highest BCUT2D eigenvalue weighted by atomic mass is 35.8. The first-order valence-corrected chi connectivity index (χ1v) is 22.4. The minimum absolute atomic E-state index is 0.578. The Bertz CT molecular complexity index is 308. The van der Waals surface area contributed by atoms with Gasteiger partial charge in [-0.25, -0.2) is 0 Å². The Morgan fingerprint density at radius 2 is 0.962 bits per heavy atom. The van der Waals surface area contributed by atoms with Crippen LogP contribution < -0.4 is 0 Å². The fraction of sp³-hybridized carbons (Fsp3) is 1.00. The van der Waals surface area contributed by atoms with E-state index in [0.29, 0.717) is 11.8 Å². The molecule has 0 aromatic heterocycles. The first kappa shape index (κ1) is 28.9. The van der Waals surface area contributed by atoms with E-state index in [-0.39, 0.29) is 0 Å². The SMILES string of the molecule is CCC(CCCCSSCCCCC(CC)C[Si](Cl)(Cl)Cl)C[Si](Cl)(Cl)Cl. The molecule has 0 nitrogen and oxygen atoms in total. The number of halogens is 6. The lowest BCUT2D eigenvalue weighted by molar-refractivity contribution is 0.491. The van der Waals surface area contributed by atoms with E-state index in [1.54, 1.807) is 0 Å². The molecule has 0 saturated carbocycles. The molecule has 0 radical (unpaired) electrons. The van der Waals surface area contributed by atoms with Crippen molar-refractivity contribution in [3.05, 3.63) is 0 Å². The van der Waals surface area contributed by atoms with Gasteiger partial charge in [0.25, 0.3) is 0 Å². The van der Waals surface area contributed by atoms with Gasteiger partial charge in [0.2, 0.25) is 0 Å². The lowest BCUT2D eigenvalue weighted by atomic mass is 10.0.